The van der Waals surface area contributed by atoms with Gasteiger partial charge in [-0.3, -0.25) is 9.59 Å². The molecule has 1 amide bonds. The van der Waals surface area contributed by atoms with Gasteiger partial charge in [0.2, 0.25) is 0 Å². The molecule has 6 nitrogen and oxygen atoms in total. The van der Waals surface area contributed by atoms with Crippen molar-refractivity contribution < 1.29 is 18.0 Å². The molecule has 0 bridgehead atoms. The minimum atomic E-state index is -3.97. The second-order valence-electron chi connectivity index (χ2n) is 5.12. The number of carbonyl (C=O) groups excluding carboxylic acids is 2. The van der Waals surface area contributed by atoms with E-state index in [1.165, 1.54) is 18.3 Å². The molecule has 0 aromatic carbocycles. The van der Waals surface area contributed by atoms with Gasteiger partial charge >= 0.3 is 0 Å². The third-order valence-corrected chi connectivity index (χ3v) is 5.56. The smallest absolute Gasteiger partial charge is 0.285 e. The molecular formula is C13H14N2O4S. The Kier molecular flexibility index (Phi) is 3.08. The maximum absolute atomic E-state index is 12.2. The first-order chi connectivity index (χ1) is 9.51. The number of Topliss-reactive ketones (excluding diaryl/α,β-unsaturated/α-hetero) is 1. The Balaban J connectivity index is 1.88. The molecule has 1 fully saturated rings. The monoisotopic (exact) mass is 294 g/mol. The van der Waals surface area contributed by atoms with Gasteiger partial charge < -0.3 is 0 Å². The topological polar surface area (TPSA) is 84.4 Å². The zero-order valence-electron chi connectivity index (χ0n) is 10.8. The second-order valence-corrected chi connectivity index (χ2v) is 6.90. The first kappa shape index (κ1) is 13.2. The van der Waals surface area contributed by atoms with E-state index in [1.807, 2.05) is 0 Å². The molecule has 0 spiro atoms. The van der Waals surface area contributed by atoms with Crippen molar-refractivity contribution in [1.29, 1.82) is 0 Å². The summed E-state index contributed by atoms with van der Waals surface area (Å²) in [7, 11) is -3.97. The number of amides is 1. The zero-order chi connectivity index (χ0) is 14.3. The van der Waals surface area contributed by atoms with E-state index in [0.29, 0.717) is 4.31 Å². The van der Waals surface area contributed by atoms with Gasteiger partial charge in [0.15, 0.2) is 10.8 Å². The van der Waals surface area contributed by atoms with Crippen LogP contribution in [0.5, 0.6) is 0 Å². The third-order valence-electron chi connectivity index (χ3n) is 3.87. The molecule has 7 heteroatoms. The van der Waals surface area contributed by atoms with Crippen molar-refractivity contribution in [2.45, 2.75) is 30.7 Å². The minimum Gasteiger partial charge on any atom is -0.297 e. The zero-order valence-corrected chi connectivity index (χ0v) is 11.6. The summed E-state index contributed by atoms with van der Waals surface area (Å²) in [5.41, 5.74) is 0.0479. The molecule has 0 unspecified atom stereocenters. The Morgan fingerprint density at radius 2 is 2.05 bits per heavy atom. The molecule has 0 saturated heterocycles. The highest BCUT2D eigenvalue weighted by atomic mass is 32.2. The summed E-state index contributed by atoms with van der Waals surface area (Å²) < 4.78 is 25.1. The molecule has 1 aliphatic heterocycles. The molecule has 1 aromatic heterocycles. The van der Waals surface area contributed by atoms with Crippen molar-refractivity contribution in [3.63, 3.8) is 0 Å². The molecule has 1 saturated carbocycles. The molecular weight excluding hydrogens is 280 g/mol. The van der Waals surface area contributed by atoms with Crippen LogP contribution >= 0.6 is 0 Å². The van der Waals surface area contributed by atoms with Crippen molar-refractivity contribution in [3.8, 4) is 0 Å². The number of fused-ring (bicyclic) bond motifs is 1. The van der Waals surface area contributed by atoms with Crippen molar-refractivity contribution in [2.24, 2.45) is 5.92 Å². The summed E-state index contributed by atoms with van der Waals surface area (Å²) >= 11 is 0. The summed E-state index contributed by atoms with van der Waals surface area (Å²) in [5, 5.41) is -0.246. The van der Waals surface area contributed by atoms with Crippen LogP contribution in [-0.4, -0.2) is 35.9 Å². The lowest BCUT2D eigenvalue weighted by molar-refractivity contribution is -0.122. The summed E-state index contributed by atoms with van der Waals surface area (Å²) in [4.78, 5) is 28.0. The number of pyridine rings is 1. The molecule has 1 aromatic rings. The molecule has 0 atom stereocenters. The summed E-state index contributed by atoms with van der Waals surface area (Å²) in [6, 6.07) is 2.93. The maximum Gasteiger partial charge on any atom is 0.285 e. The van der Waals surface area contributed by atoms with E-state index < -0.39 is 15.9 Å². The Labute approximate surface area is 116 Å². The number of nitrogens with zero attached hydrogens (tertiary/aromatic N) is 2. The fraction of sp³-hybridized carbons (Fsp3) is 0.462. The normalized spacial score (nSPS) is 21.2. The third kappa shape index (κ3) is 1.93. The van der Waals surface area contributed by atoms with Crippen LogP contribution in [0.15, 0.2) is 23.4 Å². The molecule has 0 N–H and O–H groups in total. The van der Waals surface area contributed by atoms with Gasteiger partial charge in [-0.25, -0.2) is 9.29 Å². The van der Waals surface area contributed by atoms with Crippen LogP contribution in [0.1, 0.15) is 36.0 Å². The van der Waals surface area contributed by atoms with Crippen LogP contribution in [0.3, 0.4) is 0 Å². The highest BCUT2D eigenvalue weighted by molar-refractivity contribution is 7.90. The first-order valence-corrected chi connectivity index (χ1v) is 8.00. The predicted molar refractivity (Wildman–Crippen MR) is 69.4 cm³/mol. The molecule has 1 aliphatic carbocycles. The van der Waals surface area contributed by atoms with Gasteiger partial charge in [0, 0.05) is 12.1 Å². The Morgan fingerprint density at radius 3 is 2.70 bits per heavy atom. The van der Waals surface area contributed by atoms with E-state index in [1.54, 1.807) is 0 Å². The Morgan fingerprint density at radius 1 is 1.35 bits per heavy atom. The van der Waals surface area contributed by atoms with Crippen LogP contribution < -0.4 is 0 Å². The largest absolute Gasteiger partial charge is 0.297 e. The van der Waals surface area contributed by atoms with Gasteiger partial charge in [-0.15, -0.1) is 0 Å². The SMILES string of the molecule is O=C(CN1C(=O)c2cccnc2S1(=O)=O)C1CCCC1. The lowest BCUT2D eigenvalue weighted by atomic mass is 10.0. The standard InChI is InChI=1S/C13H14N2O4S/c16-11(9-4-1-2-5-9)8-15-13(17)10-6-3-7-14-12(10)20(15,18)19/h3,6-7,9H,1-2,4-5,8H2. The first-order valence-electron chi connectivity index (χ1n) is 6.56. The van der Waals surface area contributed by atoms with Crippen molar-refractivity contribution in [2.75, 3.05) is 6.54 Å². The van der Waals surface area contributed by atoms with E-state index in [9.17, 15) is 18.0 Å². The fourth-order valence-electron chi connectivity index (χ4n) is 2.78. The van der Waals surface area contributed by atoms with Gasteiger partial charge in [0.05, 0.1) is 12.1 Å². The summed E-state index contributed by atoms with van der Waals surface area (Å²) in [5.74, 6) is -0.943. The molecule has 20 heavy (non-hydrogen) atoms. The molecule has 106 valence electrons. The van der Waals surface area contributed by atoms with Crippen molar-refractivity contribution in [1.82, 2.24) is 9.29 Å². The van der Waals surface area contributed by atoms with E-state index >= 15 is 0 Å². The Bertz CT molecular complexity index is 677. The number of hydrogen-bond acceptors (Lipinski definition) is 5. The van der Waals surface area contributed by atoms with Crippen molar-refractivity contribution in [3.05, 3.63) is 23.9 Å². The number of aromatic nitrogens is 1. The number of ketones is 1. The quantitative estimate of drug-likeness (QED) is 0.830. The van der Waals surface area contributed by atoms with Gasteiger partial charge in [-0.05, 0) is 25.0 Å². The van der Waals surface area contributed by atoms with Crippen LogP contribution in [0.2, 0.25) is 0 Å². The van der Waals surface area contributed by atoms with Crippen LogP contribution in [0.4, 0.5) is 0 Å². The molecule has 3 rings (SSSR count). The molecule has 2 aliphatic rings. The summed E-state index contributed by atoms with van der Waals surface area (Å²) in [6.45, 7) is -0.373. The van der Waals surface area contributed by atoms with Gasteiger partial charge in [0.1, 0.15) is 0 Å². The van der Waals surface area contributed by atoms with Crippen LogP contribution in [0.25, 0.3) is 0 Å². The summed E-state index contributed by atoms with van der Waals surface area (Å²) in [6.07, 6.45) is 4.86. The van der Waals surface area contributed by atoms with Crippen LogP contribution in [0, 0.1) is 5.92 Å². The van der Waals surface area contributed by atoms with E-state index in [4.69, 9.17) is 0 Å². The fourth-order valence-corrected chi connectivity index (χ4v) is 4.23. The van der Waals surface area contributed by atoms with Gasteiger partial charge in [0.25, 0.3) is 15.9 Å². The minimum absolute atomic E-state index is 0.0479. The van der Waals surface area contributed by atoms with E-state index in [-0.39, 0.29) is 28.8 Å². The maximum atomic E-state index is 12.2. The number of rotatable bonds is 3. The molecule has 2 heterocycles. The highest BCUT2D eigenvalue weighted by Gasteiger charge is 2.43. The van der Waals surface area contributed by atoms with Crippen LogP contribution in [-0.2, 0) is 14.8 Å². The van der Waals surface area contributed by atoms with Gasteiger partial charge in [-0.1, -0.05) is 12.8 Å². The highest BCUT2D eigenvalue weighted by Crippen LogP contribution is 2.30. The van der Waals surface area contributed by atoms with E-state index in [2.05, 4.69) is 4.98 Å². The average molecular weight is 294 g/mol. The predicted octanol–water partition coefficient (Wildman–Crippen LogP) is 0.985. The second kappa shape index (κ2) is 4.66. The Hall–Kier alpha value is -1.76. The lowest BCUT2D eigenvalue weighted by Crippen LogP contribution is -2.37. The average Bonchev–Trinajstić information content (AvgIpc) is 3.02. The number of sulfonamides is 1. The number of hydrogen-bond donors (Lipinski definition) is 0. The number of carbonyl (C=O) groups is 2. The van der Waals surface area contributed by atoms with Crippen molar-refractivity contribution >= 4 is 21.7 Å². The molecule has 0 radical (unpaired) electrons. The van der Waals surface area contributed by atoms with E-state index in [0.717, 1.165) is 25.7 Å². The van der Waals surface area contributed by atoms with Gasteiger partial charge in [-0.2, -0.15) is 8.42 Å². The lowest BCUT2D eigenvalue weighted by Gasteiger charge is -2.16.